The Morgan fingerprint density at radius 1 is 0.818 bits per heavy atom. The molecule has 0 aliphatic carbocycles. The van der Waals surface area contributed by atoms with Crippen LogP contribution in [-0.2, 0) is 4.74 Å². The maximum absolute atomic E-state index is 12.6. The first-order valence-corrected chi connectivity index (χ1v) is 11.7. The van der Waals surface area contributed by atoms with E-state index in [1.54, 1.807) is 37.3 Å². The fourth-order valence-electron chi connectivity index (χ4n) is 2.96. The van der Waals surface area contributed by atoms with Crippen LogP contribution in [0.15, 0.2) is 66.7 Å². The van der Waals surface area contributed by atoms with Crippen LogP contribution >= 0.6 is 0 Å². The molecule has 0 saturated heterocycles. The number of hydrogen-bond donors (Lipinski definition) is 1. The molecule has 1 heterocycles. The zero-order chi connectivity index (χ0) is 24.8. The lowest BCUT2D eigenvalue weighted by atomic mass is 10.0. The number of hydrogen-bond acceptors (Lipinski definition) is 4. The lowest BCUT2D eigenvalue weighted by Gasteiger charge is -2.09. The van der Waals surface area contributed by atoms with Crippen molar-refractivity contribution in [3.8, 4) is 22.6 Å². The standard InChI is InChI=1S/C22H17NO4.3C2H6/c1-2-26-22(25)15-9-7-14(8-10-15)16-11-12-19-17(13-16)21(24)23-18-5-3-4-6-20(18)27-19;3*1-2/h3-13H,2H2,1H3,(H,23,24);3*1-2H3. The van der Waals surface area contributed by atoms with Crippen LogP contribution in [0.25, 0.3) is 11.1 Å². The van der Waals surface area contributed by atoms with E-state index in [4.69, 9.17) is 9.47 Å². The number of carbonyl (C=O) groups is 2. The van der Waals surface area contributed by atoms with Crippen LogP contribution in [0.1, 0.15) is 69.2 Å². The van der Waals surface area contributed by atoms with Gasteiger partial charge in [-0.3, -0.25) is 4.79 Å². The molecule has 3 aromatic carbocycles. The van der Waals surface area contributed by atoms with E-state index in [9.17, 15) is 9.59 Å². The van der Waals surface area contributed by atoms with Gasteiger partial charge in [-0.2, -0.15) is 0 Å². The van der Waals surface area contributed by atoms with Gasteiger partial charge in [0.05, 0.1) is 23.4 Å². The van der Waals surface area contributed by atoms with E-state index in [0.717, 1.165) is 11.1 Å². The van der Waals surface area contributed by atoms with Gasteiger partial charge < -0.3 is 14.8 Å². The third-order valence-electron chi connectivity index (χ3n) is 4.31. The van der Waals surface area contributed by atoms with E-state index in [1.807, 2.05) is 77.9 Å². The number of esters is 1. The van der Waals surface area contributed by atoms with Gasteiger partial charge in [0.15, 0.2) is 5.75 Å². The molecule has 0 saturated carbocycles. The van der Waals surface area contributed by atoms with Crippen LogP contribution < -0.4 is 10.1 Å². The average Bonchev–Trinajstić information content (AvgIpc) is 3.03. The zero-order valence-electron chi connectivity index (χ0n) is 20.7. The molecular weight excluding hydrogens is 414 g/mol. The largest absolute Gasteiger partial charge is 0.462 e. The van der Waals surface area contributed by atoms with Gasteiger partial charge in [0.25, 0.3) is 5.91 Å². The molecule has 4 rings (SSSR count). The molecule has 1 aliphatic rings. The Bertz CT molecular complexity index is 1030. The zero-order valence-corrected chi connectivity index (χ0v) is 20.7. The Kier molecular flexibility index (Phi) is 12.0. The van der Waals surface area contributed by atoms with Gasteiger partial charge in [-0.1, -0.05) is 71.9 Å². The summed E-state index contributed by atoms with van der Waals surface area (Å²) >= 11 is 0. The highest BCUT2D eigenvalue weighted by molar-refractivity contribution is 6.08. The number of carbonyl (C=O) groups excluding carboxylic acids is 2. The van der Waals surface area contributed by atoms with Gasteiger partial charge in [-0.25, -0.2) is 4.79 Å². The summed E-state index contributed by atoms with van der Waals surface area (Å²) in [7, 11) is 0. The Labute approximate surface area is 197 Å². The van der Waals surface area contributed by atoms with Gasteiger partial charge in [-0.15, -0.1) is 0 Å². The topological polar surface area (TPSA) is 64.6 Å². The summed E-state index contributed by atoms with van der Waals surface area (Å²) in [4.78, 5) is 24.4. The monoisotopic (exact) mass is 449 g/mol. The fraction of sp³-hybridized carbons (Fsp3) is 0.286. The van der Waals surface area contributed by atoms with Gasteiger partial charge in [0, 0.05) is 0 Å². The number of amides is 1. The summed E-state index contributed by atoms with van der Waals surface area (Å²) in [6.45, 7) is 14.1. The summed E-state index contributed by atoms with van der Waals surface area (Å²) in [5.41, 5.74) is 3.33. The van der Waals surface area contributed by atoms with Crippen LogP contribution in [0.5, 0.6) is 11.5 Å². The molecule has 0 radical (unpaired) electrons. The average molecular weight is 450 g/mol. The first-order valence-electron chi connectivity index (χ1n) is 11.7. The Hall–Kier alpha value is -3.60. The molecule has 0 aromatic heterocycles. The number of para-hydroxylation sites is 2. The van der Waals surface area contributed by atoms with Crippen LogP contribution in [0.2, 0.25) is 0 Å². The lowest BCUT2D eigenvalue weighted by Crippen LogP contribution is -2.10. The highest BCUT2D eigenvalue weighted by atomic mass is 16.5. The number of anilines is 1. The molecule has 1 N–H and O–H groups in total. The summed E-state index contributed by atoms with van der Waals surface area (Å²) < 4.78 is 10.9. The van der Waals surface area contributed by atoms with Crippen molar-refractivity contribution in [3.05, 3.63) is 77.9 Å². The van der Waals surface area contributed by atoms with Crippen molar-refractivity contribution in [1.82, 2.24) is 0 Å². The summed E-state index contributed by atoms with van der Waals surface area (Å²) in [6, 6.07) is 19.9. The molecule has 176 valence electrons. The molecule has 0 fully saturated rings. The minimum Gasteiger partial charge on any atom is -0.462 e. The first-order chi connectivity index (χ1) is 16.2. The molecule has 0 unspecified atom stereocenters. The number of nitrogens with one attached hydrogen (secondary N) is 1. The smallest absolute Gasteiger partial charge is 0.338 e. The second-order valence-electron chi connectivity index (χ2n) is 6.06. The van der Waals surface area contributed by atoms with Crippen LogP contribution in [0.3, 0.4) is 0 Å². The second-order valence-corrected chi connectivity index (χ2v) is 6.06. The van der Waals surface area contributed by atoms with Crippen LogP contribution in [0.4, 0.5) is 5.69 Å². The fourth-order valence-corrected chi connectivity index (χ4v) is 2.96. The SMILES string of the molecule is CC.CC.CC.CCOC(=O)c1ccc(-c2ccc3c(c2)C(=O)Nc2ccccc2O3)cc1. The van der Waals surface area contributed by atoms with E-state index >= 15 is 0 Å². The highest BCUT2D eigenvalue weighted by Crippen LogP contribution is 2.37. The van der Waals surface area contributed by atoms with Crippen LogP contribution in [-0.4, -0.2) is 18.5 Å². The van der Waals surface area contributed by atoms with Crippen LogP contribution in [0, 0.1) is 0 Å². The Morgan fingerprint density at radius 2 is 1.42 bits per heavy atom. The molecule has 3 aromatic rings. The summed E-state index contributed by atoms with van der Waals surface area (Å²) in [5, 5.41) is 2.87. The van der Waals surface area contributed by atoms with Crippen molar-refractivity contribution in [2.24, 2.45) is 0 Å². The molecular formula is C28H35NO4. The van der Waals surface area contributed by atoms with E-state index < -0.39 is 0 Å². The Balaban J connectivity index is 0.000000841. The summed E-state index contributed by atoms with van der Waals surface area (Å²) in [6.07, 6.45) is 0. The van der Waals surface area contributed by atoms with Crippen molar-refractivity contribution in [1.29, 1.82) is 0 Å². The van der Waals surface area contributed by atoms with Gasteiger partial charge in [0.1, 0.15) is 5.75 Å². The predicted molar refractivity (Wildman–Crippen MR) is 136 cm³/mol. The maximum Gasteiger partial charge on any atom is 0.338 e. The molecule has 0 bridgehead atoms. The molecule has 5 nitrogen and oxygen atoms in total. The van der Waals surface area contributed by atoms with E-state index in [1.165, 1.54) is 0 Å². The molecule has 0 spiro atoms. The first kappa shape index (κ1) is 27.4. The molecule has 1 amide bonds. The molecule has 1 aliphatic heterocycles. The minimum absolute atomic E-state index is 0.222. The molecule has 5 heteroatoms. The second kappa shape index (κ2) is 14.5. The quantitative estimate of drug-likeness (QED) is 0.412. The lowest BCUT2D eigenvalue weighted by molar-refractivity contribution is 0.0526. The minimum atomic E-state index is -0.350. The maximum atomic E-state index is 12.6. The van der Waals surface area contributed by atoms with Crippen molar-refractivity contribution in [2.45, 2.75) is 48.5 Å². The number of benzene rings is 3. The Morgan fingerprint density at radius 3 is 2.06 bits per heavy atom. The molecule has 33 heavy (non-hydrogen) atoms. The number of fused-ring (bicyclic) bond motifs is 2. The predicted octanol–water partition coefficient (Wildman–Crippen LogP) is 7.97. The van der Waals surface area contributed by atoms with Crippen molar-refractivity contribution >= 4 is 17.6 Å². The number of ether oxygens (including phenoxy) is 2. The van der Waals surface area contributed by atoms with Crippen molar-refractivity contribution in [2.75, 3.05) is 11.9 Å². The van der Waals surface area contributed by atoms with Crippen molar-refractivity contribution < 1.29 is 19.1 Å². The van der Waals surface area contributed by atoms with Gasteiger partial charge in [0.2, 0.25) is 0 Å². The third-order valence-corrected chi connectivity index (χ3v) is 4.31. The normalized spacial score (nSPS) is 10.5. The number of rotatable bonds is 3. The third kappa shape index (κ3) is 6.94. The van der Waals surface area contributed by atoms with Gasteiger partial charge >= 0.3 is 5.97 Å². The highest BCUT2D eigenvalue weighted by Gasteiger charge is 2.21. The summed E-state index contributed by atoms with van der Waals surface area (Å²) in [5.74, 6) is 0.539. The van der Waals surface area contributed by atoms with Crippen molar-refractivity contribution in [3.63, 3.8) is 0 Å². The van der Waals surface area contributed by atoms with E-state index in [0.29, 0.717) is 34.9 Å². The van der Waals surface area contributed by atoms with E-state index in [-0.39, 0.29) is 11.9 Å². The van der Waals surface area contributed by atoms with Gasteiger partial charge in [-0.05, 0) is 54.4 Å². The molecule has 0 atom stereocenters. The van der Waals surface area contributed by atoms with E-state index in [2.05, 4.69) is 5.32 Å².